The van der Waals surface area contributed by atoms with Gasteiger partial charge < -0.3 is 21.5 Å². The number of nitrogens with one attached hydrogen (secondary N) is 2. The van der Waals surface area contributed by atoms with Crippen molar-refractivity contribution in [2.45, 2.75) is 17.7 Å². The number of hydrogen-bond acceptors (Lipinski definition) is 5. The van der Waals surface area contributed by atoms with Crippen LogP contribution in [0.2, 0.25) is 0 Å². The third-order valence-electron chi connectivity index (χ3n) is 3.52. The molecule has 0 spiro atoms. The molecule has 0 saturated carbocycles. The molecular formula is C19H19N3O5S. The number of aliphatic carboxylic acids is 1. The Morgan fingerprint density at radius 1 is 0.929 bits per heavy atom. The lowest BCUT2D eigenvalue weighted by Crippen LogP contribution is -2.19. The number of carbonyl (C=O) groups excluding carboxylic acids is 3. The van der Waals surface area contributed by atoms with Gasteiger partial charge in [0.25, 0.3) is 5.91 Å². The first-order chi connectivity index (χ1) is 13.3. The van der Waals surface area contributed by atoms with Crippen LogP contribution >= 0.6 is 11.8 Å². The number of carboxylic acids is 1. The van der Waals surface area contributed by atoms with Gasteiger partial charge in [0.1, 0.15) is 0 Å². The molecule has 5 N–H and O–H groups in total. The van der Waals surface area contributed by atoms with E-state index in [1.165, 1.54) is 17.8 Å². The molecule has 0 aliphatic carbocycles. The van der Waals surface area contributed by atoms with Crippen molar-refractivity contribution in [3.8, 4) is 0 Å². The molecule has 9 heteroatoms. The zero-order chi connectivity index (χ0) is 20.5. The van der Waals surface area contributed by atoms with Gasteiger partial charge in [-0.05, 0) is 30.3 Å². The Morgan fingerprint density at radius 3 is 2.39 bits per heavy atom. The fraction of sp³-hybridized carbons (Fsp3) is 0.158. The van der Waals surface area contributed by atoms with Crippen molar-refractivity contribution in [1.29, 1.82) is 0 Å². The van der Waals surface area contributed by atoms with Crippen molar-refractivity contribution >= 4 is 46.8 Å². The molecule has 0 radical (unpaired) electrons. The number of anilines is 2. The predicted octanol–water partition coefficient (Wildman–Crippen LogP) is 2.32. The van der Waals surface area contributed by atoms with Crippen LogP contribution in [0.4, 0.5) is 11.4 Å². The van der Waals surface area contributed by atoms with Gasteiger partial charge in [0.2, 0.25) is 11.8 Å². The van der Waals surface area contributed by atoms with E-state index < -0.39 is 17.8 Å². The Labute approximate surface area is 165 Å². The summed E-state index contributed by atoms with van der Waals surface area (Å²) in [5.74, 6) is -2.29. The van der Waals surface area contributed by atoms with E-state index in [1.54, 1.807) is 42.5 Å². The second kappa shape index (κ2) is 10.1. The van der Waals surface area contributed by atoms with E-state index in [1.807, 2.05) is 0 Å². The number of nitrogens with two attached hydrogens (primary N) is 1. The Balaban J connectivity index is 1.91. The second-order valence-electron chi connectivity index (χ2n) is 5.72. The fourth-order valence-corrected chi connectivity index (χ4v) is 3.00. The molecule has 0 fully saturated rings. The highest BCUT2D eigenvalue weighted by molar-refractivity contribution is 8.00. The zero-order valence-corrected chi connectivity index (χ0v) is 15.6. The summed E-state index contributed by atoms with van der Waals surface area (Å²) < 4.78 is 0. The molecule has 28 heavy (non-hydrogen) atoms. The predicted molar refractivity (Wildman–Crippen MR) is 106 cm³/mol. The molecule has 0 aliphatic rings. The number of hydrogen-bond donors (Lipinski definition) is 4. The molecule has 0 bridgehead atoms. The average Bonchev–Trinajstić information content (AvgIpc) is 2.65. The molecule has 146 valence electrons. The summed E-state index contributed by atoms with van der Waals surface area (Å²) in [7, 11) is 0. The molecule has 2 rings (SSSR count). The van der Waals surface area contributed by atoms with Crippen LogP contribution in [-0.4, -0.2) is 34.6 Å². The normalized spacial score (nSPS) is 10.1. The van der Waals surface area contributed by atoms with Crippen LogP contribution in [0, 0.1) is 0 Å². The lowest BCUT2D eigenvalue weighted by atomic mass is 10.1. The molecule has 0 heterocycles. The Hall–Kier alpha value is -3.33. The summed E-state index contributed by atoms with van der Waals surface area (Å²) in [6, 6.07) is 13.3. The van der Waals surface area contributed by atoms with E-state index in [2.05, 4.69) is 10.6 Å². The van der Waals surface area contributed by atoms with Crippen LogP contribution in [0.3, 0.4) is 0 Å². The Morgan fingerprint density at radius 2 is 1.68 bits per heavy atom. The summed E-state index contributed by atoms with van der Waals surface area (Å²) in [6.45, 7) is 0. The van der Waals surface area contributed by atoms with E-state index >= 15 is 0 Å². The van der Waals surface area contributed by atoms with Crippen molar-refractivity contribution in [2.75, 3.05) is 16.4 Å². The third kappa shape index (κ3) is 6.76. The van der Waals surface area contributed by atoms with E-state index in [0.29, 0.717) is 11.4 Å². The molecule has 3 amide bonds. The van der Waals surface area contributed by atoms with Gasteiger partial charge in [-0.1, -0.05) is 18.2 Å². The Bertz CT molecular complexity index is 901. The molecule has 2 aromatic rings. The highest BCUT2D eigenvalue weighted by Crippen LogP contribution is 2.22. The topological polar surface area (TPSA) is 139 Å². The van der Waals surface area contributed by atoms with Gasteiger partial charge in [0.15, 0.2) is 0 Å². The largest absolute Gasteiger partial charge is 0.481 e. The molecule has 0 unspecified atom stereocenters. The zero-order valence-electron chi connectivity index (χ0n) is 14.8. The van der Waals surface area contributed by atoms with E-state index in [4.69, 9.17) is 10.8 Å². The van der Waals surface area contributed by atoms with Gasteiger partial charge >= 0.3 is 5.97 Å². The standard InChI is InChI=1S/C19H19N3O5S/c20-19(27)14-6-1-2-7-15(14)22-17(24)11-28-13-5-3-4-12(10-13)21-16(23)8-9-18(25)26/h1-7,10H,8-9,11H2,(H2,20,27)(H,21,23)(H,22,24)(H,25,26). The highest BCUT2D eigenvalue weighted by atomic mass is 32.2. The summed E-state index contributed by atoms with van der Waals surface area (Å²) in [5, 5.41) is 13.9. The van der Waals surface area contributed by atoms with Gasteiger partial charge in [-0.2, -0.15) is 0 Å². The number of rotatable bonds is 9. The van der Waals surface area contributed by atoms with Gasteiger partial charge in [-0.15, -0.1) is 11.8 Å². The van der Waals surface area contributed by atoms with Crippen molar-refractivity contribution < 1.29 is 24.3 Å². The minimum Gasteiger partial charge on any atom is -0.481 e. The lowest BCUT2D eigenvalue weighted by molar-refractivity contribution is -0.138. The maximum Gasteiger partial charge on any atom is 0.303 e. The monoisotopic (exact) mass is 401 g/mol. The van der Waals surface area contributed by atoms with Gasteiger partial charge in [-0.3, -0.25) is 19.2 Å². The fourth-order valence-electron chi connectivity index (χ4n) is 2.25. The number of para-hydroxylation sites is 1. The van der Waals surface area contributed by atoms with Gasteiger partial charge in [0.05, 0.1) is 23.4 Å². The first-order valence-electron chi connectivity index (χ1n) is 8.28. The first-order valence-corrected chi connectivity index (χ1v) is 9.27. The number of amides is 3. The number of carboxylic acid groups (broad SMARTS) is 1. The Kier molecular flexibility index (Phi) is 7.58. The number of carbonyl (C=O) groups is 4. The van der Waals surface area contributed by atoms with Crippen LogP contribution in [-0.2, 0) is 14.4 Å². The van der Waals surface area contributed by atoms with Gasteiger partial charge in [-0.25, -0.2) is 0 Å². The number of benzene rings is 2. The average molecular weight is 401 g/mol. The smallest absolute Gasteiger partial charge is 0.303 e. The quantitative estimate of drug-likeness (QED) is 0.476. The molecule has 0 aromatic heterocycles. The minimum atomic E-state index is -1.04. The van der Waals surface area contributed by atoms with Crippen LogP contribution in [0.25, 0.3) is 0 Å². The number of primary amides is 1. The summed E-state index contributed by atoms with van der Waals surface area (Å²) in [5.41, 5.74) is 6.38. The van der Waals surface area contributed by atoms with Crippen LogP contribution in [0.5, 0.6) is 0 Å². The molecule has 0 atom stereocenters. The maximum absolute atomic E-state index is 12.2. The van der Waals surface area contributed by atoms with E-state index in [0.717, 1.165) is 4.90 Å². The van der Waals surface area contributed by atoms with Crippen molar-refractivity contribution in [3.63, 3.8) is 0 Å². The maximum atomic E-state index is 12.2. The van der Waals surface area contributed by atoms with Crippen LogP contribution < -0.4 is 16.4 Å². The molecular weight excluding hydrogens is 382 g/mol. The van der Waals surface area contributed by atoms with Crippen molar-refractivity contribution in [1.82, 2.24) is 0 Å². The summed E-state index contributed by atoms with van der Waals surface area (Å²) >= 11 is 1.25. The lowest BCUT2D eigenvalue weighted by Gasteiger charge is -2.09. The summed E-state index contributed by atoms with van der Waals surface area (Å²) in [4.78, 5) is 46.5. The minimum absolute atomic E-state index is 0.0868. The second-order valence-corrected chi connectivity index (χ2v) is 6.77. The molecule has 0 aliphatic heterocycles. The summed E-state index contributed by atoms with van der Waals surface area (Å²) in [6.07, 6.45) is -0.360. The third-order valence-corrected chi connectivity index (χ3v) is 4.51. The van der Waals surface area contributed by atoms with Crippen molar-refractivity contribution in [2.24, 2.45) is 5.73 Å². The molecule has 8 nitrogen and oxygen atoms in total. The van der Waals surface area contributed by atoms with E-state index in [-0.39, 0.29) is 30.1 Å². The van der Waals surface area contributed by atoms with Crippen LogP contribution in [0.15, 0.2) is 53.4 Å². The van der Waals surface area contributed by atoms with E-state index in [9.17, 15) is 19.2 Å². The highest BCUT2D eigenvalue weighted by Gasteiger charge is 2.11. The molecule has 2 aromatic carbocycles. The number of thioether (sulfide) groups is 1. The molecule has 0 saturated heterocycles. The van der Waals surface area contributed by atoms with Crippen LogP contribution in [0.1, 0.15) is 23.2 Å². The first kappa shape index (κ1) is 21.0. The van der Waals surface area contributed by atoms with Crippen molar-refractivity contribution in [3.05, 3.63) is 54.1 Å². The SMILES string of the molecule is NC(=O)c1ccccc1NC(=O)CSc1cccc(NC(=O)CCC(=O)O)c1. The van der Waals surface area contributed by atoms with Gasteiger partial charge in [0, 0.05) is 17.0 Å².